The Morgan fingerprint density at radius 2 is 1.93 bits per heavy atom. The average molecular weight is 411 g/mol. The van der Waals surface area contributed by atoms with Crippen LogP contribution in [0.4, 0.5) is 0 Å². The van der Waals surface area contributed by atoms with Gasteiger partial charge in [-0.2, -0.15) is 10.2 Å². The van der Waals surface area contributed by atoms with Crippen molar-refractivity contribution < 1.29 is 0 Å². The van der Waals surface area contributed by atoms with Gasteiger partial charge in [0.15, 0.2) is 0 Å². The summed E-state index contributed by atoms with van der Waals surface area (Å²) in [6, 6.07) is 15.0. The largest absolute Gasteiger partial charge is 0.353 e. The number of hydrogen-bond donors (Lipinski definition) is 2. The first kappa shape index (κ1) is 17.2. The van der Waals surface area contributed by atoms with Crippen molar-refractivity contribution in [2.24, 2.45) is 7.05 Å². The monoisotopic (exact) mass is 410 g/mol. The molecule has 0 radical (unpaired) electrons. The Morgan fingerprint density at radius 3 is 2.73 bits per heavy atom. The molecular formula is C23H18N6S. The molecule has 0 spiro atoms. The van der Waals surface area contributed by atoms with Gasteiger partial charge >= 0.3 is 0 Å². The third-order valence-corrected chi connectivity index (χ3v) is 6.41. The molecule has 5 heterocycles. The van der Waals surface area contributed by atoms with Crippen LogP contribution < -0.4 is 0 Å². The number of aromatic nitrogens is 6. The van der Waals surface area contributed by atoms with Crippen LogP contribution in [0.15, 0.2) is 61.1 Å². The number of nitrogens with zero attached hydrogens (tertiary/aromatic N) is 4. The molecule has 0 unspecified atom stereocenters. The lowest BCUT2D eigenvalue weighted by molar-refractivity contribution is 0.768. The smallest absolute Gasteiger partial charge is 0.116 e. The molecule has 6 nitrogen and oxygen atoms in total. The van der Waals surface area contributed by atoms with E-state index in [2.05, 4.69) is 74.7 Å². The van der Waals surface area contributed by atoms with Gasteiger partial charge in [-0.3, -0.25) is 14.8 Å². The van der Waals surface area contributed by atoms with Gasteiger partial charge in [-0.05, 0) is 37.3 Å². The van der Waals surface area contributed by atoms with Crippen molar-refractivity contribution >= 4 is 33.1 Å². The van der Waals surface area contributed by atoms with Gasteiger partial charge in [0.25, 0.3) is 0 Å². The van der Waals surface area contributed by atoms with Crippen LogP contribution in [0.2, 0.25) is 0 Å². The maximum absolute atomic E-state index is 4.59. The topological polar surface area (TPSA) is 75.2 Å². The van der Waals surface area contributed by atoms with Crippen LogP contribution in [0.1, 0.15) is 4.88 Å². The highest BCUT2D eigenvalue weighted by atomic mass is 32.1. The molecule has 1 aromatic carbocycles. The van der Waals surface area contributed by atoms with E-state index in [1.165, 1.54) is 20.7 Å². The number of pyridine rings is 1. The maximum atomic E-state index is 4.59. The van der Waals surface area contributed by atoms with Crippen LogP contribution in [0.3, 0.4) is 0 Å². The highest BCUT2D eigenvalue weighted by molar-refractivity contribution is 7.15. The summed E-state index contributed by atoms with van der Waals surface area (Å²) in [5, 5.41) is 14.2. The van der Waals surface area contributed by atoms with Crippen LogP contribution in [-0.2, 0) is 7.05 Å². The highest BCUT2D eigenvalue weighted by Gasteiger charge is 2.15. The fourth-order valence-electron chi connectivity index (χ4n) is 3.91. The molecule has 0 aliphatic carbocycles. The van der Waals surface area contributed by atoms with Crippen LogP contribution >= 0.6 is 11.3 Å². The van der Waals surface area contributed by atoms with Crippen molar-refractivity contribution in [2.45, 2.75) is 6.92 Å². The molecule has 2 N–H and O–H groups in total. The Bertz CT molecular complexity index is 1530. The Labute approximate surface area is 176 Å². The lowest BCUT2D eigenvalue weighted by Crippen LogP contribution is -1.85. The van der Waals surface area contributed by atoms with Gasteiger partial charge < -0.3 is 4.98 Å². The molecule has 0 fully saturated rings. The molecule has 0 atom stereocenters. The average Bonchev–Trinajstić information content (AvgIpc) is 3.52. The van der Waals surface area contributed by atoms with Crippen LogP contribution in [-0.4, -0.2) is 29.9 Å². The van der Waals surface area contributed by atoms with Crippen molar-refractivity contribution in [3.05, 3.63) is 65.9 Å². The van der Waals surface area contributed by atoms with Crippen LogP contribution in [0.5, 0.6) is 0 Å². The van der Waals surface area contributed by atoms with E-state index in [9.17, 15) is 0 Å². The van der Waals surface area contributed by atoms with Gasteiger partial charge in [0.05, 0.1) is 29.3 Å². The number of aryl methyl sites for hydroxylation is 2. The number of fused-ring (bicyclic) bond motifs is 2. The predicted molar refractivity (Wildman–Crippen MR) is 121 cm³/mol. The van der Waals surface area contributed by atoms with Gasteiger partial charge in [-0.15, -0.1) is 11.3 Å². The summed E-state index contributed by atoms with van der Waals surface area (Å²) in [6.07, 6.45) is 5.62. The number of nitrogens with one attached hydrogen (secondary N) is 2. The van der Waals surface area contributed by atoms with E-state index in [1.54, 1.807) is 4.68 Å². The van der Waals surface area contributed by atoms with E-state index in [4.69, 9.17) is 0 Å². The zero-order valence-electron chi connectivity index (χ0n) is 16.5. The summed E-state index contributed by atoms with van der Waals surface area (Å²) < 4.78 is 1.78. The highest BCUT2D eigenvalue weighted by Crippen LogP contribution is 2.37. The van der Waals surface area contributed by atoms with E-state index in [-0.39, 0.29) is 0 Å². The molecule has 0 aliphatic rings. The third kappa shape index (κ3) is 2.67. The fraction of sp³-hybridized carbons (Fsp3) is 0.0870. The first-order valence-electron chi connectivity index (χ1n) is 9.68. The summed E-state index contributed by atoms with van der Waals surface area (Å²) in [6.45, 7) is 2.14. The minimum atomic E-state index is 0.879. The Balaban J connectivity index is 1.52. The first-order chi connectivity index (χ1) is 14.7. The van der Waals surface area contributed by atoms with Gasteiger partial charge in [0.2, 0.25) is 0 Å². The number of H-pyrrole nitrogens is 2. The molecule has 0 amide bonds. The summed E-state index contributed by atoms with van der Waals surface area (Å²) in [5.41, 5.74) is 6.99. The minimum absolute atomic E-state index is 0.879. The van der Waals surface area contributed by atoms with Gasteiger partial charge in [-0.1, -0.05) is 12.1 Å². The Kier molecular flexibility index (Phi) is 3.66. The lowest BCUT2D eigenvalue weighted by atomic mass is 10.1. The molecule has 30 heavy (non-hydrogen) atoms. The van der Waals surface area contributed by atoms with Crippen molar-refractivity contribution in [2.75, 3.05) is 0 Å². The maximum Gasteiger partial charge on any atom is 0.116 e. The van der Waals surface area contributed by atoms with E-state index in [0.717, 1.165) is 39.1 Å². The van der Waals surface area contributed by atoms with Crippen molar-refractivity contribution in [1.82, 2.24) is 29.9 Å². The van der Waals surface area contributed by atoms with Gasteiger partial charge in [0.1, 0.15) is 5.69 Å². The molecular weight excluding hydrogens is 392 g/mol. The molecule has 5 aromatic heterocycles. The molecule has 146 valence electrons. The van der Waals surface area contributed by atoms with E-state index in [0.29, 0.717) is 0 Å². The number of aromatic amines is 2. The number of hydrogen-bond acceptors (Lipinski definition) is 4. The zero-order valence-corrected chi connectivity index (χ0v) is 17.3. The summed E-state index contributed by atoms with van der Waals surface area (Å²) in [5.74, 6) is 0. The van der Waals surface area contributed by atoms with Crippen LogP contribution in [0.25, 0.3) is 54.9 Å². The molecule has 0 aliphatic heterocycles. The summed E-state index contributed by atoms with van der Waals surface area (Å²) in [7, 11) is 1.91. The van der Waals surface area contributed by atoms with Gasteiger partial charge in [-0.25, -0.2) is 0 Å². The number of benzene rings is 1. The Morgan fingerprint density at radius 1 is 1.00 bits per heavy atom. The molecule has 0 saturated heterocycles. The molecule has 0 saturated carbocycles. The second-order valence-corrected chi connectivity index (χ2v) is 8.74. The number of rotatable bonds is 3. The first-order valence-corrected chi connectivity index (χ1v) is 10.5. The van der Waals surface area contributed by atoms with Gasteiger partial charge in [0, 0.05) is 50.4 Å². The summed E-state index contributed by atoms with van der Waals surface area (Å²) >= 11 is 1.81. The number of thiophene rings is 1. The predicted octanol–water partition coefficient (Wildman–Crippen LogP) is 5.54. The zero-order chi connectivity index (χ0) is 20.2. The SMILES string of the molecule is Cc1ccc(-c2cccc3[nH]c(-c4n[nH]c5cnc(-c6cnn(C)c6)cc45)cc23)s1. The fourth-order valence-corrected chi connectivity index (χ4v) is 4.82. The van der Waals surface area contributed by atoms with Crippen LogP contribution in [0, 0.1) is 6.92 Å². The normalized spacial score (nSPS) is 11.7. The Hall–Kier alpha value is -3.71. The second-order valence-electron chi connectivity index (χ2n) is 7.45. The van der Waals surface area contributed by atoms with E-state index in [1.807, 2.05) is 37.0 Å². The molecule has 0 bridgehead atoms. The molecule has 6 rings (SSSR count). The molecule has 7 heteroatoms. The standard InChI is InChI=1S/C23H18N6S/c1-13-6-7-22(30-13)15-4-3-5-18-16(15)8-20(26-18)23-17-9-19(14-10-25-29(2)12-14)24-11-21(17)27-28-23/h3-12,26H,1-2H3,(H,27,28). The van der Waals surface area contributed by atoms with E-state index >= 15 is 0 Å². The van der Waals surface area contributed by atoms with Crippen molar-refractivity contribution in [3.63, 3.8) is 0 Å². The summed E-state index contributed by atoms with van der Waals surface area (Å²) in [4.78, 5) is 10.7. The van der Waals surface area contributed by atoms with E-state index < -0.39 is 0 Å². The third-order valence-electron chi connectivity index (χ3n) is 5.37. The molecule has 6 aromatic rings. The second kappa shape index (κ2) is 6.40. The minimum Gasteiger partial charge on any atom is -0.353 e. The quantitative estimate of drug-likeness (QED) is 0.402. The van der Waals surface area contributed by atoms with Crippen molar-refractivity contribution in [1.29, 1.82) is 0 Å². The lowest BCUT2D eigenvalue weighted by Gasteiger charge is -1.99. The van der Waals surface area contributed by atoms with Crippen molar-refractivity contribution in [3.8, 4) is 33.1 Å².